The molecule has 2 aromatic rings. The first-order valence-electron chi connectivity index (χ1n) is 7.56. The highest BCUT2D eigenvalue weighted by Gasteiger charge is 2.28. The second-order valence-electron chi connectivity index (χ2n) is 5.70. The van der Waals surface area contributed by atoms with E-state index in [1.165, 1.54) is 17.0 Å². The second kappa shape index (κ2) is 6.93. The number of aryl methyl sites for hydroxylation is 1. The number of amides is 2. The highest BCUT2D eigenvalue weighted by atomic mass is 35.5. The average molecular weight is 384 g/mol. The molecule has 3 rings (SSSR count). The van der Waals surface area contributed by atoms with E-state index in [4.69, 9.17) is 27.7 Å². The zero-order valence-corrected chi connectivity index (χ0v) is 14.8. The van der Waals surface area contributed by atoms with Crippen LogP contribution in [0.4, 0.5) is 0 Å². The molecule has 132 valence electrons. The van der Waals surface area contributed by atoms with Gasteiger partial charge in [0.1, 0.15) is 5.75 Å². The van der Waals surface area contributed by atoms with Crippen LogP contribution in [0, 0.1) is 6.92 Å². The molecule has 1 N–H and O–H groups in total. The minimum atomic E-state index is -0.385. The summed E-state index contributed by atoms with van der Waals surface area (Å²) in [6, 6.07) is 4.32. The van der Waals surface area contributed by atoms with Crippen molar-refractivity contribution in [3.63, 3.8) is 0 Å². The maximum atomic E-state index is 12.6. The van der Waals surface area contributed by atoms with Gasteiger partial charge in [0.25, 0.3) is 11.8 Å². The van der Waals surface area contributed by atoms with Gasteiger partial charge in [-0.15, -0.1) is 0 Å². The van der Waals surface area contributed by atoms with E-state index in [-0.39, 0.29) is 38.9 Å². The molecule has 0 aliphatic carbocycles. The van der Waals surface area contributed by atoms with Crippen molar-refractivity contribution in [1.82, 2.24) is 15.0 Å². The zero-order chi connectivity index (χ0) is 18.1. The van der Waals surface area contributed by atoms with E-state index < -0.39 is 0 Å². The Hall–Kier alpha value is -2.25. The fraction of sp³-hybridized carbons (Fsp3) is 0.312. The van der Waals surface area contributed by atoms with Crippen LogP contribution >= 0.6 is 23.2 Å². The molecule has 1 aromatic carbocycles. The molecule has 0 atom stereocenters. The van der Waals surface area contributed by atoms with Gasteiger partial charge in [-0.25, -0.2) is 0 Å². The predicted molar refractivity (Wildman–Crippen MR) is 91.2 cm³/mol. The number of benzene rings is 1. The average Bonchev–Trinajstić information content (AvgIpc) is 3.03. The first kappa shape index (κ1) is 17.6. The van der Waals surface area contributed by atoms with Crippen LogP contribution in [-0.2, 0) is 0 Å². The molecule has 0 radical (unpaired) electrons. The van der Waals surface area contributed by atoms with Gasteiger partial charge in [-0.1, -0.05) is 28.4 Å². The molecular formula is C16H15Cl2N3O4. The number of carbonyl (C=O) groups excluding carboxylic acids is 2. The molecule has 2 amide bonds. The van der Waals surface area contributed by atoms with Gasteiger partial charge in [0.2, 0.25) is 5.76 Å². The second-order valence-corrected chi connectivity index (χ2v) is 6.54. The number of halogens is 2. The lowest BCUT2D eigenvalue weighted by molar-refractivity contribution is 0.0511. The van der Waals surface area contributed by atoms with Crippen LogP contribution in [0.25, 0.3) is 0 Å². The summed E-state index contributed by atoms with van der Waals surface area (Å²) in [5.41, 5.74) is 0.675. The molecule has 25 heavy (non-hydrogen) atoms. The molecule has 2 heterocycles. The van der Waals surface area contributed by atoms with Crippen LogP contribution in [0.5, 0.6) is 5.75 Å². The normalized spacial score (nSPS) is 14.7. The summed E-state index contributed by atoms with van der Waals surface area (Å²) in [7, 11) is 0. The van der Waals surface area contributed by atoms with Gasteiger partial charge in [-0.05, 0) is 19.1 Å². The van der Waals surface area contributed by atoms with E-state index in [0.717, 1.165) is 0 Å². The third-order valence-electron chi connectivity index (χ3n) is 3.95. The van der Waals surface area contributed by atoms with Crippen molar-refractivity contribution < 1.29 is 19.2 Å². The molecule has 1 fully saturated rings. The summed E-state index contributed by atoms with van der Waals surface area (Å²) in [5, 5.41) is 14.0. The lowest BCUT2D eigenvalue weighted by Gasteiger charge is -2.34. The van der Waals surface area contributed by atoms with Crippen LogP contribution in [0.3, 0.4) is 0 Å². The zero-order valence-electron chi connectivity index (χ0n) is 13.3. The number of phenolic OH excluding ortho intramolecular Hbond substituents is 1. The molecule has 1 aromatic heterocycles. The van der Waals surface area contributed by atoms with E-state index >= 15 is 0 Å². The molecule has 9 heteroatoms. The number of piperazine rings is 1. The van der Waals surface area contributed by atoms with E-state index in [9.17, 15) is 14.7 Å². The Morgan fingerprint density at radius 3 is 2.24 bits per heavy atom. The smallest absolute Gasteiger partial charge is 0.292 e. The molecule has 0 saturated carbocycles. The van der Waals surface area contributed by atoms with E-state index in [1.807, 2.05) is 0 Å². The highest BCUT2D eigenvalue weighted by Crippen LogP contribution is 2.32. The molecular weight excluding hydrogens is 369 g/mol. The molecule has 1 saturated heterocycles. The predicted octanol–water partition coefficient (Wildman–Crippen LogP) is 2.59. The maximum absolute atomic E-state index is 12.6. The summed E-state index contributed by atoms with van der Waals surface area (Å²) in [5.74, 6) is -0.769. The quantitative estimate of drug-likeness (QED) is 0.860. The minimum Gasteiger partial charge on any atom is -0.506 e. The number of nitrogens with zero attached hydrogens (tertiary/aromatic N) is 3. The molecule has 1 aliphatic rings. The Morgan fingerprint density at radius 1 is 1.08 bits per heavy atom. The molecule has 7 nitrogen and oxygen atoms in total. The molecule has 1 aliphatic heterocycles. The third kappa shape index (κ3) is 3.57. The largest absolute Gasteiger partial charge is 0.506 e. The SMILES string of the molecule is Cc1cc(C(=O)N2CCN(C(=O)c3cc(Cl)cc(Cl)c3O)CC2)on1. The number of aromatic nitrogens is 1. The third-order valence-corrected chi connectivity index (χ3v) is 4.46. The molecule has 0 spiro atoms. The Morgan fingerprint density at radius 2 is 1.68 bits per heavy atom. The van der Waals surface area contributed by atoms with Gasteiger partial charge in [0.05, 0.1) is 16.3 Å². The Bertz CT molecular complexity index is 829. The van der Waals surface area contributed by atoms with Gasteiger partial charge in [0, 0.05) is 37.3 Å². The van der Waals surface area contributed by atoms with E-state index in [2.05, 4.69) is 5.16 Å². The number of rotatable bonds is 2. The number of hydrogen-bond acceptors (Lipinski definition) is 5. The highest BCUT2D eigenvalue weighted by molar-refractivity contribution is 6.36. The standard InChI is InChI=1S/C16H15Cl2N3O4/c1-9-6-13(25-19-9)16(24)21-4-2-20(3-5-21)15(23)11-7-10(17)8-12(18)14(11)22/h6-8,22H,2-5H2,1H3. The van der Waals surface area contributed by atoms with Gasteiger partial charge in [-0.3, -0.25) is 9.59 Å². The molecule has 0 unspecified atom stereocenters. The summed E-state index contributed by atoms with van der Waals surface area (Å²) >= 11 is 11.8. The van der Waals surface area contributed by atoms with Crippen molar-refractivity contribution in [2.75, 3.05) is 26.2 Å². The van der Waals surface area contributed by atoms with Crippen LogP contribution in [-0.4, -0.2) is 58.1 Å². The van der Waals surface area contributed by atoms with Gasteiger partial charge >= 0.3 is 0 Å². The monoisotopic (exact) mass is 383 g/mol. The van der Waals surface area contributed by atoms with Crippen molar-refractivity contribution >= 4 is 35.0 Å². The van der Waals surface area contributed by atoms with Crippen molar-refractivity contribution in [2.45, 2.75) is 6.92 Å². The first-order valence-corrected chi connectivity index (χ1v) is 8.32. The van der Waals surface area contributed by atoms with Gasteiger partial charge in [-0.2, -0.15) is 0 Å². The number of hydrogen-bond donors (Lipinski definition) is 1. The van der Waals surface area contributed by atoms with E-state index in [1.54, 1.807) is 17.9 Å². The van der Waals surface area contributed by atoms with Crippen molar-refractivity contribution in [1.29, 1.82) is 0 Å². The Labute approximate surface area is 153 Å². The van der Waals surface area contributed by atoms with Crippen LogP contribution < -0.4 is 0 Å². The van der Waals surface area contributed by atoms with Crippen molar-refractivity contribution in [3.05, 3.63) is 45.3 Å². The lowest BCUT2D eigenvalue weighted by Crippen LogP contribution is -2.50. The first-order chi connectivity index (χ1) is 11.9. The Kier molecular flexibility index (Phi) is 4.87. The Balaban J connectivity index is 1.68. The molecule has 0 bridgehead atoms. The maximum Gasteiger partial charge on any atom is 0.292 e. The van der Waals surface area contributed by atoms with Crippen LogP contribution in [0.2, 0.25) is 10.0 Å². The number of carbonyl (C=O) groups is 2. The van der Waals surface area contributed by atoms with Gasteiger partial charge in [0.15, 0.2) is 0 Å². The fourth-order valence-corrected chi connectivity index (χ4v) is 3.13. The van der Waals surface area contributed by atoms with Crippen LogP contribution in [0.1, 0.15) is 26.6 Å². The van der Waals surface area contributed by atoms with Crippen molar-refractivity contribution in [3.8, 4) is 5.75 Å². The minimum absolute atomic E-state index is 0.0188. The van der Waals surface area contributed by atoms with Crippen molar-refractivity contribution in [2.24, 2.45) is 0 Å². The topological polar surface area (TPSA) is 86.9 Å². The van der Waals surface area contributed by atoms with E-state index in [0.29, 0.717) is 31.9 Å². The summed E-state index contributed by atoms with van der Waals surface area (Å²) in [6.45, 7) is 3.07. The lowest BCUT2D eigenvalue weighted by atomic mass is 10.1. The van der Waals surface area contributed by atoms with Gasteiger partial charge < -0.3 is 19.4 Å². The summed E-state index contributed by atoms with van der Waals surface area (Å²) in [4.78, 5) is 28.0. The summed E-state index contributed by atoms with van der Waals surface area (Å²) in [6.07, 6.45) is 0. The summed E-state index contributed by atoms with van der Waals surface area (Å²) < 4.78 is 4.98. The van der Waals surface area contributed by atoms with Crippen LogP contribution in [0.15, 0.2) is 22.7 Å². The number of phenols is 1. The fourth-order valence-electron chi connectivity index (χ4n) is 2.63. The number of aromatic hydroxyl groups is 1.